The number of ether oxygens (including phenoxy) is 1. The molecule has 1 saturated heterocycles. The SMILES string of the molecule is CC(C)CC(C)(C)C12OC1(C)CCCC2(C)C. The molecule has 2 atom stereocenters. The number of fused-ring (bicyclic) bond motifs is 1. The number of rotatable bonds is 3. The van der Waals surface area contributed by atoms with Gasteiger partial charge in [-0.05, 0) is 49.4 Å². The second kappa shape index (κ2) is 3.50. The zero-order valence-electron chi connectivity index (χ0n) is 12.8. The molecule has 0 spiro atoms. The van der Waals surface area contributed by atoms with E-state index in [0.29, 0.717) is 5.41 Å². The fourth-order valence-electron chi connectivity index (χ4n) is 5.37. The zero-order valence-corrected chi connectivity index (χ0v) is 12.8. The summed E-state index contributed by atoms with van der Waals surface area (Å²) in [5, 5.41) is 0. The zero-order chi connectivity index (χ0) is 13.1. The molecule has 1 aliphatic heterocycles. The van der Waals surface area contributed by atoms with Crippen LogP contribution >= 0.6 is 0 Å². The highest BCUT2D eigenvalue weighted by Crippen LogP contribution is 2.72. The van der Waals surface area contributed by atoms with Gasteiger partial charge in [-0.25, -0.2) is 0 Å². The molecule has 0 radical (unpaired) electrons. The molecule has 0 aromatic rings. The first-order chi connectivity index (χ1) is 7.58. The van der Waals surface area contributed by atoms with Gasteiger partial charge in [-0.3, -0.25) is 0 Å². The van der Waals surface area contributed by atoms with Gasteiger partial charge < -0.3 is 4.74 Å². The molecule has 0 bridgehead atoms. The average Bonchev–Trinajstić information content (AvgIpc) is 2.72. The van der Waals surface area contributed by atoms with Crippen molar-refractivity contribution >= 4 is 0 Å². The predicted octanol–water partition coefficient (Wildman–Crippen LogP) is 4.80. The summed E-state index contributed by atoms with van der Waals surface area (Å²) in [6.45, 7) is 16.7. The lowest BCUT2D eigenvalue weighted by atomic mass is 9.53. The first-order valence-electron chi connectivity index (χ1n) is 7.28. The molecule has 2 rings (SSSR count). The number of hydrogen-bond donors (Lipinski definition) is 0. The molecule has 0 amide bonds. The van der Waals surface area contributed by atoms with Crippen LogP contribution in [0.5, 0.6) is 0 Å². The van der Waals surface area contributed by atoms with E-state index in [4.69, 9.17) is 4.74 Å². The van der Waals surface area contributed by atoms with Crippen LogP contribution in [0.3, 0.4) is 0 Å². The van der Waals surface area contributed by atoms with E-state index < -0.39 is 0 Å². The van der Waals surface area contributed by atoms with Crippen LogP contribution in [-0.4, -0.2) is 11.2 Å². The highest BCUT2D eigenvalue weighted by Gasteiger charge is 2.79. The van der Waals surface area contributed by atoms with E-state index in [2.05, 4.69) is 48.5 Å². The first kappa shape index (κ1) is 13.4. The third-order valence-corrected chi connectivity index (χ3v) is 5.36. The van der Waals surface area contributed by atoms with Crippen molar-refractivity contribution in [2.75, 3.05) is 0 Å². The Kier molecular flexibility index (Phi) is 2.75. The van der Waals surface area contributed by atoms with Crippen molar-refractivity contribution in [1.29, 1.82) is 0 Å². The van der Waals surface area contributed by atoms with Gasteiger partial charge in [0, 0.05) is 0 Å². The summed E-state index contributed by atoms with van der Waals surface area (Å²) in [4.78, 5) is 0. The fourth-order valence-corrected chi connectivity index (χ4v) is 5.37. The number of hydrogen-bond acceptors (Lipinski definition) is 1. The van der Waals surface area contributed by atoms with Crippen molar-refractivity contribution in [3.05, 3.63) is 0 Å². The second-order valence-corrected chi connectivity index (χ2v) is 8.23. The van der Waals surface area contributed by atoms with Gasteiger partial charge in [0.15, 0.2) is 0 Å². The van der Waals surface area contributed by atoms with Crippen LogP contribution in [0.1, 0.15) is 74.1 Å². The lowest BCUT2D eigenvalue weighted by Crippen LogP contribution is -2.52. The highest BCUT2D eigenvalue weighted by atomic mass is 16.6. The van der Waals surface area contributed by atoms with Crippen molar-refractivity contribution in [3.8, 4) is 0 Å². The minimum atomic E-state index is 0.107. The van der Waals surface area contributed by atoms with Crippen LogP contribution in [0.15, 0.2) is 0 Å². The molecule has 1 aliphatic carbocycles. The Bertz CT molecular complexity index is 315. The van der Waals surface area contributed by atoms with Crippen LogP contribution < -0.4 is 0 Å². The summed E-state index contributed by atoms with van der Waals surface area (Å²) in [7, 11) is 0. The molecule has 2 unspecified atom stereocenters. The Balaban J connectivity index is 2.35. The van der Waals surface area contributed by atoms with Gasteiger partial charge in [0.2, 0.25) is 0 Å². The van der Waals surface area contributed by atoms with Crippen LogP contribution in [-0.2, 0) is 4.74 Å². The molecular weight excluding hydrogens is 208 g/mol. The molecule has 100 valence electrons. The summed E-state index contributed by atoms with van der Waals surface area (Å²) in [6, 6.07) is 0. The molecule has 1 heterocycles. The van der Waals surface area contributed by atoms with Gasteiger partial charge in [0.05, 0.1) is 5.60 Å². The summed E-state index contributed by atoms with van der Waals surface area (Å²) in [5.41, 5.74) is 0.848. The van der Waals surface area contributed by atoms with E-state index in [0.717, 1.165) is 5.92 Å². The smallest absolute Gasteiger partial charge is 0.108 e. The van der Waals surface area contributed by atoms with Crippen LogP contribution in [0, 0.1) is 16.7 Å². The Labute approximate surface area is 107 Å². The van der Waals surface area contributed by atoms with E-state index >= 15 is 0 Å². The Hall–Kier alpha value is -0.0400. The Morgan fingerprint density at radius 1 is 1.12 bits per heavy atom. The molecule has 0 N–H and O–H groups in total. The standard InChI is InChI=1S/C16H30O/c1-12(2)11-14(5,6)16-13(3,4)9-8-10-15(16,7)17-16/h12H,8-11H2,1-7H3. The predicted molar refractivity (Wildman–Crippen MR) is 73.1 cm³/mol. The van der Waals surface area contributed by atoms with Gasteiger partial charge >= 0.3 is 0 Å². The van der Waals surface area contributed by atoms with E-state index in [9.17, 15) is 0 Å². The maximum atomic E-state index is 6.43. The maximum absolute atomic E-state index is 6.43. The van der Waals surface area contributed by atoms with E-state index in [1.165, 1.54) is 25.7 Å². The normalized spacial score (nSPS) is 40.2. The van der Waals surface area contributed by atoms with Crippen LogP contribution in [0.2, 0.25) is 0 Å². The van der Waals surface area contributed by atoms with Crippen molar-refractivity contribution in [2.45, 2.75) is 85.4 Å². The molecular formula is C16H30O. The number of epoxide rings is 1. The molecule has 1 heteroatoms. The molecule has 0 aromatic heterocycles. The Morgan fingerprint density at radius 3 is 2.18 bits per heavy atom. The minimum absolute atomic E-state index is 0.107. The third kappa shape index (κ3) is 1.61. The van der Waals surface area contributed by atoms with Gasteiger partial charge in [-0.2, -0.15) is 0 Å². The first-order valence-corrected chi connectivity index (χ1v) is 7.28. The largest absolute Gasteiger partial charge is 0.362 e. The molecule has 2 aliphatic rings. The van der Waals surface area contributed by atoms with Crippen molar-refractivity contribution in [2.24, 2.45) is 16.7 Å². The van der Waals surface area contributed by atoms with Crippen molar-refractivity contribution < 1.29 is 4.74 Å². The lowest BCUT2D eigenvalue weighted by Gasteiger charge is -2.48. The van der Waals surface area contributed by atoms with Crippen molar-refractivity contribution in [3.63, 3.8) is 0 Å². The topological polar surface area (TPSA) is 12.5 Å². The maximum Gasteiger partial charge on any atom is 0.108 e. The second-order valence-electron chi connectivity index (χ2n) is 8.23. The molecule has 1 nitrogen and oxygen atoms in total. The fraction of sp³-hybridized carbons (Fsp3) is 1.00. The highest BCUT2D eigenvalue weighted by molar-refractivity contribution is 5.27. The molecule has 2 fully saturated rings. The summed E-state index contributed by atoms with van der Waals surface area (Å²) in [6.07, 6.45) is 5.14. The van der Waals surface area contributed by atoms with E-state index in [-0.39, 0.29) is 16.6 Å². The van der Waals surface area contributed by atoms with Gasteiger partial charge in [0.1, 0.15) is 5.60 Å². The van der Waals surface area contributed by atoms with Gasteiger partial charge in [0.25, 0.3) is 0 Å². The molecule has 17 heavy (non-hydrogen) atoms. The summed E-state index contributed by atoms with van der Waals surface area (Å²) < 4.78 is 6.43. The summed E-state index contributed by atoms with van der Waals surface area (Å²) >= 11 is 0. The molecule has 1 saturated carbocycles. The average molecular weight is 238 g/mol. The van der Waals surface area contributed by atoms with Crippen LogP contribution in [0.25, 0.3) is 0 Å². The van der Waals surface area contributed by atoms with Gasteiger partial charge in [-0.1, -0.05) is 41.5 Å². The third-order valence-electron chi connectivity index (χ3n) is 5.36. The molecule has 0 aromatic carbocycles. The van der Waals surface area contributed by atoms with Crippen molar-refractivity contribution in [1.82, 2.24) is 0 Å². The van der Waals surface area contributed by atoms with Crippen LogP contribution in [0.4, 0.5) is 0 Å². The van der Waals surface area contributed by atoms with Gasteiger partial charge in [-0.15, -0.1) is 0 Å². The quantitative estimate of drug-likeness (QED) is 0.644. The summed E-state index contributed by atoms with van der Waals surface area (Å²) in [5.74, 6) is 0.741. The minimum Gasteiger partial charge on any atom is -0.362 e. The Morgan fingerprint density at radius 2 is 1.71 bits per heavy atom. The monoisotopic (exact) mass is 238 g/mol. The van der Waals surface area contributed by atoms with E-state index in [1.54, 1.807) is 0 Å². The lowest BCUT2D eigenvalue weighted by molar-refractivity contribution is 0.00131. The van der Waals surface area contributed by atoms with E-state index in [1.807, 2.05) is 0 Å².